The van der Waals surface area contributed by atoms with E-state index in [2.05, 4.69) is 22.3 Å². The summed E-state index contributed by atoms with van der Waals surface area (Å²) in [6.45, 7) is 3.35. The van der Waals surface area contributed by atoms with E-state index >= 15 is 0 Å². The van der Waals surface area contributed by atoms with Crippen LogP contribution in [0.25, 0.3) is 11.0 Å². The van der Waals surface area contributed by atoms with Crippen LogP contribution in [0.4, 0.5) is 14.7 Å². The van der Waals surface area contributed by atoms with E-state index in [-0.39, 0.29) is 6.54 Å². The Balaban J connectivity index is 1.23. The molecule has 1 aliphatic rings. The average molecular weight is 477 g/mol. The van der Waals surface area contributed by atoms with Crippen LogP contribution in [0.3, 0.4) is 0 Å². The summed E-state index contributed by atoms with van der Waals surface area (Å²) in [4.78, 5) is 7.29. The molecule has 35 heavy (non-hydrogen) atoms. The smallest absolute Gasteiger partial charge is 0.204 e. The standard InChI is InChI=1S/C28H30F2N4O/c1-35-24-10-6-20(7-11-24)12-15-33-16-13-23(14-17-33)31-28-32-26-4-2-3-5-27(26)34(28)19-21-8-9-22(29)18-25(21)30/h2-11,18,23H,12-17,19H2,1H3,(H,31,32). The molecule has 0 saturated carbocycles. The normalized spacial score (nSPS) is 14.9. The van der Waals surface area contributed by atoms with Crippen molar-refractivity contribution < 1.29 is 13.5 Å². The molecule has 0 bridgehead atoms. The van der Waals surface area contributed by atoms with E-state index in [1.165, 1.54) is 17.7 Å². The molecule has 1 aliphatic heterocycles. The number of piperidine rings is 1. The molecular formula is C28H30F2N4O. The van der Waals surface area contributed by atoms with Crippen molar-refractivity contribution in [2.75, 3.05) is 32.1 Å². The molecule has 4 aromatic rings. The van der Waals surface area contributed by atoms with Crippen molar-refractivity contribution in [1.29, 1.82) is 0 Å². The molecule has 1 fully saturated rings. The fourth-order valence-electron chi connectivity index (χ4n) is 4.73. The number of rotatable bonds is 8. The lowest BCUT2D eigenvalue weighted by Crippen LogP contribution is -2.40. The first-order valence-corrected chi connectivity index (χ1v) is 12.1. The average Bonchev–Trinajstić information content (AvgIpc) is 3.22. The second kappa shape index (κ2) is 10.4. The van der Waals surface area contributed by atoms with Gasteiger partial charge in [-0.25, -0.2) is 13.8 Å². The summed E-state index contributed by atoms with van der Waals surface area (Å²) in [6, 6.07) is 20.1. The quantitative estimate of drug-likeness (QED) is 0.365. The Morgan fingerprint density at radius 1 is 1.00 bits per heavy atom. The Bertz CT molecular complexity index is 1280. The minimum absolute atomic E-state index is 0.287. The van der Waals surface area contributed by atoms with Crippen LogP contribution >= 0.6 is 0 Å². The van der Waals surface area contributed by atoms with Gasteiger partial charge in [0, 0.05) is 37.3 Å². The molecule has 0 aliphatic carbocycles. The third-order valence-corrected chi connectivity index (χ3v) is 6.79. The number of likely N-dealkylation sites (tertiary alicyclic amines) is 1. The van der Waals surface area contributed by atoms with Gasteiger partial charge in [-0.2, -0.15) is 0 Å². The van der Waals surface area contributed by atoms with E-state index in [0.29, 0.717) is 11.6 Å². The Hall–Kier alpha value is -3.45. The van der Waals surface area contributed by atoms with Gasteiger partial charge in [-0.05, 0) is 55.2 Å². The Morgan fingerprint density at radius 3 is 2.51 bits per heavy atom. The number of para-hydroxylation sites is 2. The van der Waals surface area contributed by atoms with Gasteiger partial charge in [0.25, 0.3) is 0 Å². The largest absolute Gasteiger partial charge is 0.497 e. The number of benzene rings is 3. The van der Waals surface area contributed by atoms with Crippen LogP contribution in [0.15, 0.2) is 66.7 Å². The van der Waals surface area contributed by atoms with Crippen molar-refractivity contribution in [2.24, 2.45) is 0 Å². The van der Waals surface area contributed by atoms with Crippen LogP contribution < -0.4 is 10.1 Å². The van der Waals surface area contributed by atoms with Crippen molar-refractivity contribution in [3.8, 4) is 5.75 Å². The first-order valence-electron chi connectivity index (χ1n) is 12.1. The fraction of sp³-hybridized carbons (Fsp3) is 0.321. The second-order valence-electron chi connectivity index (χ2n) is 9.10. The van der Waals surface area contributed by atoms with Gasteiger partial charge < -0.3 is 19.5 Å². The monoisotopic (exact) mass is 476 g/mol. The van der Waals surface area contributed by atoms with Gasteiger partial charge in [0.15, 0.2) is 0 Å². The van der Waals surface area contributed by atoms with E-state index in [1.54, 1.807) is 7.11 Å². The Morgan fingerprint density at radius 2 is 1.77 bits per heavy atom. The van der Waals surface area contributed by atoms with E-state index < -0.39 is 11.6 Å². The highest BCUT2D eigenvalue weighted by atomic mass is 19.1. The zero-order valence-corrected chi connectivity index (χ0v) is 19.9. The molecule has 0 unspecified atom stereocenters. The summed E-state index contributed by atoms with van der Waals surface area (Å²) < 4.78 is 35.0. The molecule has 1 N–H and O–H groups in total. The summed E-state index contributed by atoms with van der Waals surface area (Å²) in [6.07, 6.45) is 3.04. The zero-order valence-electron chi connectivity index (χ0n) is 19.9. The molecule has 182 valence electrons. The predicted molar refractivity (Wildman–Crippen MR) is 135 cm³/mol. The van der Waals surface area contributed by atoms with Crippen LogP contribution in [0.2, 0.25) is 0 Å². The van der Waals surface area contributed by atoms with Crippen molar-refractivity contribution in [1.82, 2.24) is 14.5 Å². The van der Waals surface area contributed by atoms with Gasteiger partial charge in [0.2, 0.25) is 5.95 Å². The summed E-state index contributed by atoms with van der Waals surface area (Å²) in [7, 11) is 1.68. The summed E-state index contributed by atoms with van der Waals surface area (Å²) in [5, 5.41) is 3.61. The molecule has 0 spiro atoms. The first kappa shape index (κ1) is 23.3. The van der Waals surface area contributed by atoms with E-state index in [9.17, 15) is 8.78 Å². The molecule has 2 heterocycles. The molecule has 0 atom stereocenters. The molecule has 0 radical (unpaired) electrons. The molecule has 5 rings (SSSR count). The predicted octanol–water partition coefficient (Wildman–Crippen LogP) is 5.49. The van der Waals surface area contributed by atoms with Crippen LogP contribution in [-0.2, 0) is 13.0 Å². The number of nitrogens with one attached hydrogen (secondary N) is 1. The van der Waals surface area contributed by atoms with Gasteiger partial charge >= 0.3 is 0 Å². The van der Waals surface area contributed by atoms with Gasteiger partial charge in [0.05, 0.1) is 24.7 Å². The molecule has 0 amide bonds. The minimum atomic E-state index is -0.571. The van der Waals surface area contributed by atoms with Crippen LogP contribution in [0.1, 0.15) is 24.0 Å². The number of anilines is 1. The number of imidazole rings is 1. The van der Waals surface area contributed by atoms with Gasteiger partial charge in [-0.3, -0.25) is 0 Å². The summed E-state index contributed by atoms with van der Waals surface area (Å²) >= 11 is 0. The maximum absolute atomic E-state index is 14.4. The Kier molecular flexibility index (Phi) is 6.95. The number of hydrogen-bond acceptors (Lipinski definition) is 4. The second-order valence-corrected chi connectivity index (χ2v) is 9.10. The Labute approximate surface area is 204 Å². The molecule has 5 nitrogen and oxygen atoms in total. The van der Waals surface area contributed by atoms with Gasteiger partial charge in [-0.1, -0.05) is 30.3 Å². The lowest BCUT2D eigenvalue weighted by Gasteiger charge is -2.32. The van der Waals surface area contributed by atoms with Crippen molar-refractivity contribution >= 4 is 17.0 Å². The number of halogens is 2. The highest BCUT2D eigenvalue weighted by Crippen LogP contribution is 2.25. The first-order chi connectivity index (χ1) is 17.1. The summed E-state index contributed by atoms with van der Waals surface area (Å²) in [5.41, 5.74) is 3.53. The molecule has 7 heteroatoms. The lowest BCUT2D eigenvalue weighted by atomic mass is 10.0. The van der Waals surface area contributed by atoms with Gasteiger partial charge in [-0.15, -0.1) is 0 Å². The third-order valence-electron chi connectivity index (χ3n) is 6.79. The molecule has 1 aromatic heterocycles. The molecule has 3 aromatic carbocycles. The lowest BCUT2D eigenvalue weighted by molar-refractivity contribution is 0.221. The third kappa shape index (κ3) is 5.46. The van der Waals surface area contributed by atoms with E-state index in [0.717, 1.165) is 67.7 Å². The van der Waals surface area contributed by atoms with Crippen LogP contribution in [0, 0.1) is 11.6 Å². The van der Waals surface area contributed by atoms with Gasteiger partial charge in [0.1, 0.15) is 17.4 Å². The maximum Gasteiger partial charge on any atom is 0.204 e. The molecule has 1 saturated heterocycles. The maximum atomic E-state index is 14.4. The van der Waals surface area contributed by atoms with Crippen LogP contribution in [0.5, 0.6) is 5.75 Å². The zero-order chi connectivity index (χ0) is 24.2. The van der Waals surface area contributed by atoms with Crippen molar-refractivity contribution in [3.05, 3.63) is 89.5 Å². The van der Waals surface area contributed by atoms with Crippen LogP contribution in [-0.4, -0.2) is 47.2 Å². The number of fused-ring (bicyclic) bond motifs is 1. The number of hydrogen-bond donors (Lipinski definition) is 1. The topological polar surface area (TPSA) is 42.3 Å². The highest BCUT2D eigenvalue weighted by Gasteiger charge is 2.22. The highest BCUT2D eigenvalue weighted by molar-refractivity contribution is 5.78. The number of ether oxygens (including phenoxy) is 1. The molecular weight excluding hydrogens is 446 g/mol. The van der Waals surface area contributed by atoms with Crippen molar-refractivity contribution in [2.45, 2.75) is 31.8 Å². The van der Waals surface area contributed by atoms with E-state index in [1.807, 2.05) is 41.0 Å². The number of methoxy groups -OCH3 is 1. The SMILES string of the molecule is COc1ccc(CCN2CCC(Nc3nc4ccccc4n3Cc3ccc(F)cc3F)CC2)cc1. The minimum Gasteiger partial charge on any atom is -0.497 e. The van der Waals surface area contributed by atoms with Crippen molar-refractivity contribution in [3.63, 3.8) is 0 Å². The number of aromatic nitrogens is 2. The summed E-state index contributed by atoms with van der Waals surface area (Å²) in [5.74, 6) is 0.498. The van der Waals surface area contributed by atoms with E-state index in [4.69, 9.17) is 9.72 Å². The number of nitrogens with zero attached hydrogens (tertiary/aromatic N) is 3. The fourth-order valence-corrected chi connectivity index (χ4v) is 4.73.